The fourth-order valence-corrected chi connectivity index (χ4v) is 3.57. The molecule has 0 radical (unpaired) electrons. The van der Waals surface area contributed by atoms with Crippen LogP contribution in [0.1, 0.15) is 14.5 Å². The third-order valence-corrected chi connectivity index (χ3v) is 4.95. The van der Waals surface area contributed by atoms with E-state index in [9.17, 15) is 4.79 Å². The highest BCUT2D eigenvalue weighted by Crippen LogP contribution is 2.25. The molecule has 0 unspecified atom stereocenters. The number of carbonyl (C=O) groups is 1. The molecule has 0 bridgehead atoms. The highest BCUT2D eigenvalue weighted by Gasteiger charge is 2.19. The molecule has 1 aromatic carbocycles. The average Bonchev–Trinajstić information content (AvgIpc) is 3.17. The summed E-state index contributed by atoms with van der Waals surface area (Å²) in [4.78, 5) is 16.4. The van der Waals surface area contributed by atoms with Gasteiger partial charge in [0.2, 0.25) is 0 Å². The number of thiophene rings is 2. The molecule has 1 amide bonds. The number of anilines is 1. The fourth-order valence-electron chi connectivity index (χ4n) is 2.02. The minimum Gasteiger partial charge on any atom is -0.302 e. The largest absolute Gasteiger partial charge is 0.302 e. The fraction of sp³-hybridized carbons (Fsp3) is 0.0625. The van der Waals surface area contributed by atoms with Crippen molar-refractivity contribution in [3.8, 4) is 0 Å². The summed E-state index contributed by atoms with van der Waals surface area (Å²) < 4.78 is 0. The normalized spacial score (nSPS) is 10.5. The van der Waals surface area contributed by atoms with Crippen LogP contribution in [0.3, 0.4) is 0 Å². The second-order valence-corrected chi connectivity index (χ2v) is 6.84. The second-order valence-electron chi connectivity index (χ2n) is 4.43. The molecule has 0 aliphatic carbocycles. The van der Waals surface area contributed by atoms with E-state index in [1.807, 2.05) is 59.3 Å². The van der Waals surface area contributed by atoms with E-state index < -0.39 is 0 Å². The quantitative estimate of drug-likeness (QED) is 0.633. The Balaban J connectivity index is 1.96. The summed E-state index contributed by atoms with van der Waals surface area (Å²) in [7, 11) is 0. The van der Waals surface area contributed by atoms with Gasteiger partial charge in [0.15, 0.2) is 0 Å². The molecule has 0 aliphatic heterocycles. The molecule has 0 N–H and O–H groups in total. The summed E-state index contributed by atoms with van der Waals surface area (Å²) in [5.41, 5.74) is 0.814. The van der Waals surface area contributed by atoms with E-state index in [1.165, 1.54) is 11.3 Å². The molecule has 0 aliphatic rings. The summed E-state index contributed by atoms with van der Waals surface area (Å²) in [6, 6.07) is 15.2. The Hall–Kier alpha value is -1.62. The molecule has 3 aromatic rings. The zero-order valence-electron chi connectivity index (χ0n) is 11.0. The number of carbonyl (C=O) groups excluding carboxylic acids is 1. The lowest BCUT2D eigenvalue weighted by molar-refractivity contribution is 0.0989. The van der Waals surface area contributed by atoms with Crippen molar-refractivity contribution in [2.45, 2.75) is 6.54 Å². The van der Waals surface area contributed by atoms with Gasteiger partial charge in [-0.25, -0.2) is 0 Å². The molecule has 0 spiro atoms. The maximum Gasteiger partial charge on any atom is 0.268 e. The molecule has 2 nitrogen and oxygen atoms in total. The van der Waals surface area contributed by atoms with Crippen molar-refractivity contribution < 1.29 is 4.79 Å². The van der Waals surface area contributed by atoms with E-state index in [0.717, 1.165) is 15.4 Å². The molecule has 0 atom stereocenters. The van der Waals surface area contributed by atoms with E-state index >= 15 is 0 Å². The van der Waals surface area contributed by atoms with E-state index in [0.29, 0.717) is 11.6 Å². The average molecular weight is 334 g/mol. The Morgan fingerprint density at radius 3 is 2.52 bits per heavy atom. The Kier molecular flexibility index (Phi) is 4.39. The van der Waals surface area contributed by atoms with Crippen LogP contribution in [0.25, 0.3) is 0 Å². The first-order valence-electron chi connectivity index (χ1n) is 6.37. The SMILES string of the molecule is O=C(c1cccs1)N(Cc1cccs1)c1cccc(Cl)c1. The summed E-state index contributed by atoms with van der Waals surface area (Å²) in [6.07, 6.45) is 0. The highest BCUT2D eigenvalue weighted by atomic mass is 35.5. The monoisotopic (exact) mass is 333 g/mol. The van der Waals surface area contributed by atoms with Crippen molar-refractivity contribution >= 4 is 45.9 Å². The zero-order valence-corrected chi connectivity index (χ0v) is 13.4. The lowest BCUT2D eigenvalue weighted by Gasteiger charge is -2.22. The van der Waals surface area contributed by atoms with Crippen LogP contribution in [-0.4, -0.2) is 5.91 Å². The Labute approximate surface area is 136 Å². The standard InChI is InChI=1S/C16H12ClNOS2/c17-12-4-1-5-13(10-12)18(11-14-6-2-8-20-14)16(19)15-7-3-9-21-15/h1-10H,11H2. The van der Waals surface area contributed by atoms with Gasteiger partial charge in [0, 0.05) is 15.6 Å². The van der Waals surface area contributed by atoms with Crippen LogP contribution < -0.4 is 4.90 Å². The van der Waals surface area contributed by atoms with Crippen molar-refractivity contribution in [2.24, 2.45) is 0 Å². The second kappa shape index (κ2) is 6.43. The van der Waals surface area contributed by atoms with E-state index in [4.69, 9.17) is 11.6 Å². The number of hydrogen-bond acceptors (Lipinski definition) is 3. The minimum absolute atomic E-state index is 0.000617. The van der Waals surface area contributed by atoms with Crippen molar-refractivity contribution in [1.29, 1.82) is 0 Å². The van der Waals surface area contributed by atoms with Crippen LogP contribution in [0.5, 0.6) is 0 Å². The highest BCUT2D eigenvalue weighted by molar-refractivity contribution is 7.12. The number of hydrogen-bond donors (Lipinski definition) is 0. The Morgan fingerprint density at radius 2 is 1.86 bits per heavy atom. The number of rotatable bonds is 4. The van der Waals surface area contributed by atoms with Crippen LogP contribution in [0.2, 0.25) is 5.02 Å². The van der Waals surface area contributed by atoms with Crippen molar-refractivity contribution in [2.75, 3.05) is 4.90 Å². The van der Waals surface area contributed by atoms with Crippen LogP contribution in [0.15, 0.2) is 59.3 Å². The van der Waals surface area contributed by atoms with Crippen molar-refractivity contribution in [3.63, 3.8) is 0 Å². The number of benzene rings is 1. The summed E-state index contributed by atoms with van der Waals surface area (Å²) in [5, 5.41) is 4.55. The van der Waals surface area contributed by atoms with E-state index in [2.05, 4.69) is 0 Å². The molecule has 3 rings (SSSR count). The lowest BCUT2D eigenvalue weighted by Crippen LogP contribution is -2.29. The number of amides is 1. The lowest BCUT2D eigenvalue weighted by atomic mass is 10.2. The smallest absolute Gasteiger partial charge is 0.268 e. The van der Waals surface area contributed by atoms with Crippen molar-refractivity contribution in [1.82, 2.24) is 0 Å². The van der Waals surface area contributed by atoms with Gasteiger partial charge in [0.05, 0.1) is 11.4 Å². The molecule has 106 valence electrons. The first-order chi connectivity index (χ1) is 10.2. The van der Waals surface area contributed by atoms with E-state index in [1.54, 1.807) is 16.2 Å². The Bertz CT molecular complexity index is 723. The van der Waals surface area contributed by atoms with Gasteiger partial charge in [-0.2, -0.15) is 0 Å². The molecule has 0 saturated heterocycles. The molecule has 0 fully saturated rings. The first kappa shape index (κ1) is 14.3. The van der Waals surface area contributed by atoms with Gasteiger partial charge in [-0.15, -0.1) is 22.7 Å². The minimum atomic E-state index is 0.000617. The van der Waals surface area contributed by atoms with Crippen LogP contribution >= 0.6 is 34.3 Å². The molecule has 2 heterocycles. The topological polar surface area (TPSA) is 20.3 Å². The van der Waals surface area contributed by atoms with Gasteiger partial charge < -0.3 is 4.90 Å². The third-order valence-electron chi connectivity index (χ3n) is 2.99. The summed E-state index contributed by atoms with van der Waals surface area (Å²) >= 11 is 9.16. The number of nitrogens with zero attached hydrogens (tertiary/aromatic N) is 1. The molecule has 5 heteroatoms. The van der Waals surface area contributed by atoms with Crippen LogP contribution in [0, 0.1) is 0 Å². The van der Waals surface area contributed by atoms with Gasteiger partial charge in [-0.1, -0.05) is 29.8 Å². The van der Waals surface area contributed by atoms with Gasteiger partial charge in [-0.3, -0.25) is 4.79 Å². The Morgan fingerprint density at radius 1 is 1.05 bits per heavy atom. The maximum atomic E-state index is 12.7. The zero-order chi connectivity index (χ0) is 14.7. The predicted molar refractivity (Wildman–Crippen MR) is 90.6 cm³/mol. The summed E-state index contributed by atoms with van der Waals surface area (Å²) in [6.45, 7) is 0.550. The van der Waals surface area contributed by atoms with Gasteiger partial charge >= 0.3 is 0 Å². The van der Waals surface area contributed by atoms with Crippen LogP contribution in [0.4, 0.5) is 5.69 Å². The third kappa shape index (κ3) is 3.35. The molecular weight excluding hydrogens is 322 g/mol. The molecule has 2 aromatic heterocycles. The maximum absolute atomic E-state index is 12.7. The summed E-state index contributed by atoms with van der Waals surface area (Å²) in [5.74, 6) is 0.000617. The van der Waals surface area contributed by atoms with Crippen LogP contribution in [-0.2, 0) is 6.54 Å². The van der Waals surface area contributed by atoms with Gasteiger partial charge in [-0.05, 0) is 41.1 Å². The van der Waals surface area contributed by atoms with Crippen molar-refractivity contribution in [3.05, 3.63) is 74.1 Å². The molecule has 21 heavy (non-hydrogen) atoms. The number of halogens is 1. The molecular formula is C16H12ClNOS2. The molecule has 0 saturated carbocycles. The van der Waals surface area contributed by atoms with Gasteiger partial charge in [0.1, 0.15) is 0 Å². The first-order valence-corrected chi connectivity index (χ1v) is 8.51. The predicted octanol–water partition coefficient (Wildman–Crippen LogP) is 5.31. The van der Waals surface area contributed by atoms with Gasteiger partial charge in [0.25, 0.3) is 5.91 Å². The van der Waals surface area contributed by atoms with E-state index in [-0.39, 0.29) is 5.91 Å².